The van der Waals surface area contributed by atoms with Gasteiger partial charge < -0.3 is 19.6 Å². The molecule has 2 aliphatic carbocycles. The Labute approximate surface area is 259 Å². The second-order valence-corrected chi connectivity index (χ2v) is 15.6. The van der Waals surface area contributed by atoms with Crippen molar-refractivity contribution in [2.75, 3.05) is 49.2 Å². The molecule has 0 aromatic heterocycles. The molecule has 4 saturated heterocycles. The van der Waals surface area contributed by atoms with Crippen LogP contribution in [0, 0.1) is 17.8 Å². The van der Waals surface area contributed by atoms with Crippen LogP contribution in [0.1, 0.15) is 36.8 Å². The van der Waals surface area contributed by atoms with Crippen LogP contribution in [-0.2, 0) is 15.6 Å². The quantitative estimate of drug-likeness (QED) is 0.508. The Bertz CT molecular complexity index is 1750. The monoisotopic (exact) mass is 584 g/mol. The van der Waals surface area contributed by atoms with Crippen LogP contribution in [-0.4, -0.2) is 84.7 Å². The number of hydrogen-bond acceptors (Lipinski definition) is 6. The van der Waals surface area contributed by atoms with Crippen molar-refractivity contribution in [3.05, 3.63) is 94.7 Å². The molecule has 12 rings (SSSR count). The zero-order valence-corrected chi connectivity index (χ0v) is 25.2. The number of nitrogens with zero attached hydrogens (tertiary/aromatic N) is 4. The SMILES string of the molecule is OCC=C1CN2CCC34c5ccccc5N5C6OCC=C7CN8CCC9%10c%11ccccc%11N(C=C(C1CC23)C54)C9C6C7CC8%10. The smallest absolute Gasteiger partial charge is 0.136 e. The molecule has 8 aliphatic heterocycles. The summed E-state index contributed by atoms with van der Waals surface area (Å²) in [6, 6.07) is 20.8. The Kier molecular flexibility index (Phi) is 4.37. The van der Waals surface area contributed by atoms with Crippen LogP contribution >= 0.6 is 0 Å². The fourth-order valence-corrected chi connectivity index (χ4v) is 13.5. The Hall–Kier alpha value is -2.90. The van der Waals surface area contributed by atoms with Gasteiger partial charge in [-0.2, -0.15) is 0 Å². The van der Waals surface area contributed by atoms with Gasteiger partial charge in [-0.3, -0.25) is 9.80 Å². The Morgan fingerprint density at radius 3 is 2.50 bits per heavy atom. The van der Waals surface area contributed by atoms with E-state index in [1.54, 1.807) is 22.3 Å². The van der Waals surface area contributed by atoms with Gasteiger partial charge >= 0.3 is 0 Å². The molecular formula is C38H40N4O2. The molecule has 4 bridgehead atoms. The van der Waals surface area contributed by atoms with Gasteiger partial charge in [0.15, 0.2) is 0 Å². The minimum Gasteiger partial charge on any atom is -0.392 e. The molecule has 2 saturated carbocycles. The second-order valence-electron chi connectivity index (χ2n) is 15.6. The van der Waals surface area contributed by atoms with Crippen LogP contribution in [0.5, 0.6) is 0 Å². The van der Waals surface area contributed by atoms with Crippen LogP contribution in [0.4, 0.5) is 11.4 Å². The van der Waals surface area contributed by atoms with Gasteiger partial charge in [-0.1, -0.05) is 59.7 Å². The molecule has 224 valence electrons. The lowest BCUT2D eigenvalue weighted by molar-refractivity contribution is -0.0474. The molecule has 0 radical (unpaired) electrons. The van der Waals surface area contributed by atoms with Gasteiger partial charge in [-0.15, -0.1) is 0 Å². The summed E-state index contributed by atoms with van der Waals surface area (Å²) in [6.07, 6.45) is 12.2. The lowest BCUT2D eigenvalue weighted by Crippen LogP contribution is -2.70. The van der Waals surface area contributed by atoms with Crippen LogP contribution in [0.3, 0.4) is 0 Å². The summed E-state index contributed by atoms with van der Waals surface area (Å²) >= 11 is 0. The highest BCUT2D eigenvalue weighted by molar-refractivity contribution is 5.75. The number of aliphatic hydroxyl groups excluding tert-OH is 1. The summed E-state index contributed by atoms with van der Waals surface area (Å²) in [4.78, 5) is 11.3. The third kappa shape index (κ3) is 2.45. The maximum atomic E-state index is 10.2. The molecule has 10 aliphatic rings. The average Bonchev–Trinajstić information content (AvgIpc) is 3.74. The van der Waals surface area contributed by atoms with Crippen LogP contribution in [0.25, 0.3) is 0 Å². The van der Waals surface area contributed by atoms with E-state index in [0.29, 0.717) is 42.5 Å². The normalized spacial score (nSPS) is 45.7. The zero-order chi connectivity index (χ0) is 28.5. The summed E-state index contributed by atoms with van der Waals surface area (Å²) in [5, 5.41) is 10.2. The van der Waals surface area contributed by atoms with Crippen molar-refractivity contribution in [3.63, 3.8) is 0 Å². The minimum absolute atomic E-state index is 0.0351. The molecule has 0 amide bonds. The molecule has 2 aromatic rings. The lowest BCUT2D eigenvalue weighted by Gasteiger charge is -2.61. The number of fused-ring (bicyclic) bond motifs is 7. The topological polar surface area (TPSA) is 42.4 Å². The molecule has 6 heteroatoms. The first-order chi connectivity index (χ1) is 21.7. The van der Waals surface area contributed by atoms with Crippen LogP contribution in [0.15, 0.2) is 83.6 Å². The van der Waals surface area contributed by atoms with E-state index in [-0.39, 0.29) is 29.7 Å². The number of rotatable bonds is 1. The largest absolute Gasteiger partial charge is 0.392 e. The number of aliphatic hydroxyl groups is 1. The highest BCUT2D eigenvalue weighted by atomic mass is 16.5. The van der Waals surface area contributed by atoms with Gasteiger partial charge in [-0.05, 0) is 73.5 Å². The van der Waals surface area contributed by atoms with Crippen molar-refractivity contribution >= 4 is 11.4 Å². The zero-order valence-electron chi connectivity index (χ0n) is 25.2. The summed E-state index contributed by atoms with van der Waals surface area (Å²) in [5.41, 5.74) is 10.9. The van der Waals surface area contributed by atoms with Crippen molar-refractivity contribution in [2.24, 2.45) is 17.8 Å². The molecular weight excluding hydrogens is 544 g/mol. The number of anilines is 2. The van der Waals surface area contributed by atoms with Crippen LogP contribution < -0.4 is 9.80 Å². The molecule has 2 spiro atoms. The Morgan fingerprint density at radius 2 is 1.64 bits per heavy atom. The Morgan fingerprint density at radius 1 is 0.886 bits per heavy atom. The van der Waals surface area contributed by atoms with Crippen molar-refractivity contribution < 1.29 is 9.84 Å². The summed E-state index contributed by atoms with van der Waals surface area (Å²) < 4.78 is 7.30. The van der Waals surface area contributed by atoms with Gasteiger partial charge in [0.05, 0.1) is 25.3 Å². The fourth-order valence-electron chi connectivity index (χ4n) is 13.5. The summed E-state index contributed by atoms with van der Waals surface area (Å²) in [6.45, 7) is 5.28. The number of hydrogen-bond donors (Lipinski definition) is 1. The van der Waals surface area contributed by atoms with Crippen molar-refractivity contribution in [1.82, 2.24) is 9.80 Å². The van der Waals surface area contributed by atoms with Gasteiger partial charge in [0.1, 0.15) is 6.23 Å². The summed E-state index contributed by atoms with van der Waals surface area (Å²) in [5.74, 6) is 1.32. The van der Waals surface area contributed by atoms with E-state index in [1.807, 2.05) is 0 Å². The number of ether oxygens (including phenoxy) is 1. The van der Waals surface area contributed by atoms with E-state index in [9.17, 15) is 5.11 Å². The molecule has 6 nitrogen and oxygen atoms in total. The maximum Gasteiger partial charge on any atom is 0.136 e. The molecule has 10 unspecified atom stereocenters. The number of para-hydroxylation sites is 2. The van der Waals surface area contributed by atoms with E-state index < -0.39 is 0 Å². The maximum absolute atomic E-state index is 10.2. The number of piperidine rings is 2. The van der Waals surface area contributed by atoms with Crippen molar-refractivity contribution in [2.45, 2.75) is 66.9 Å². The van der Waals surface area contributed by atoms with Crippen LogP contribution in [0.2, 0.25) is 0 Å². The molecule has 44 heavy (non-hydrogen) atoms. The second kappa shape index (κ2) is 7.90. The third-order valence-corrected chi connectivity index (χ3v) is 14.7. The van der Waals surface area contributed by atoms with Gasteiger partial charge in [-0.25, -0.2) is 0 Å². The van der Waals surface area contributed by atoms with E-state index in [0.717, 1.165) is 26.1 Å². The highest BCUT2D eigenvalue weighted by Crippen LogP contribution is 2.69. The van der Waals surface area contributed by atoms with E-state index in [1.165, 1.54) is 42.8 Å². The molecule has 2 aromatic carbocycles. The van der Waals surface area contributed by atoms with E-state index in [4.69, 9.17) is 4.74 Å². The first-order valence-corrected chi connectivity index (χ1v) is 17.3. The number of benzene rings is 2. The summed E-state index contributed by atoms with van der Waals surface area (Å²) in [7, 11) is 0. The Balaban J connectivity index is 1.19. The van der Waals surface area contributed by atoms with E-state index in [2.05, 4.69) is 86.5 Å². The molecule has 6 fully saturated rings. The van der Waals surface area contributed by atoms with Gasteiger partial charge in [0.2, 0.25) is 0 Å². The highest BCUT2D eigenvalue weighted by Gasteiger charge is 2.73. The third-order valence-electron chi connectivity index (χ3n) is 14.7. The average molecular weight is 585 g/mol. The molecule has 1 N–H and O–H groups in total. The first kappa shape index (κ1) is 24.3. The van der Waals surface area contributed by atoms with E-state index >= 15 is 0 Å². The van der Waals surface area contributed by atoms with Gasteiger partial charge in [0.25, 0.3) is 0 Å². The van der Waals surface area contributed by atoms with Crippen molar-refractivity contribution in [1.29, 1.82) is 0 Å². The predicted octanol–water partition coefficient (Wildman–Crippen LogP) is 4.17. The molecule has 10 atom stereocenters. The predicted molar refractivity (Wildman–Crippen MR) is 170 cm³/mol. The first-order valence-electron chi connectivity index (χ1n) is 17.3. The van der Waals surface area contributed by atoms with Gasteiger partial charge in [0, 0.05) is 65.4 Å². The van der Waals surface area contributed by atoms with Crippen molar-refractivity contribution in [3.8, 4) is 0 Å². The lowest BCUT2D eigenvalue weighted by atomic mass is 9.54. The minimum atomic E-state index is 0.0351. The fraction of sp³-hybridized carbons (Fsp3) is 0.526. The standard InChI is InChI=1S/C38H40N4O2/c43-15-9-22-19-39-13-11-37-28-6-2-4-8-30(28)42-34(37)26(24(22)17-31(37)39)21-41-29-7-3-1-5-27(29)38-12-14-40-20-23-10-16-44-36(42)33(35(38)41)25(23)18-32(38)40/h1-10,21,24-25,31-36,43H,11-20H2. The molecule has 8 heterocycles.